The molecule has 222 valence electrons. The van der Waals surface area contributed by atoms with Gasteiger partial charge in [-0.2, -0.15) is 0 Å². The number of rotatable bonds is 6. The van der Waals surface area contributed by atoms with Crippen LogP contribution in [0.1, 0.15) is 64.2 Å². The van der Waals surface area contributed by atoms with E-state index in [4.69, 9.17) is 26.4 Å². The maximum Gasteiger partial charge on any atom is 0.427 e. The summed E-state index contributed by atoms with van der Waals surface area (Å²) in [6.45, 7) is 7.44. The Kier molecular flexibility index (Phi) is 7.17. The topological polar surface area (TPSA) is 118 Å². The normalized spacial score (nSPS) is 26.4. The fraction of sp³-hybridized carbons (Fsp3) is 0.567. The minimum Gasteiger partial charge on any atom is -0.351 e. The number of anilines is 1. The fourth-order valence-electron chi connectivity index (χ4n) is 6.68. The molecule has 0 spiro atoms. The molecule has 12 heteroatoms. The minimum atomic E-state index is -0.614. The SMILES string of the molecule is CC1CCC(Cn2c(N3CCN(C(=O)C4CC4)C[C@H]3C)nc3cc(C4NOC(=O)N4)nc(-c4cncc(Cl)c4)c32)CC1. The van der Waals surface area contributed by atoms with Crippen LogP contribution < -0.4 is 15.7 Å². The van der Waals surface area contributed by atoms with Gasteiger partial charge in [0.25, 0.3) is 0 Å². The molecular weight excluding hydrogens is 556 g/mol. The Morgan fingerprint density at radius 3 is 2.57 bits per heavy atom. The highest BCUT2D eigenvalue weighted by atomic mass is 35.5. The van der Waals surface area contributed by atoms with Gasteiger partial charge in [0.1, 0.15) is 0 Å². The molecule has 2 amide bonds. The van der Waals surface area contributed by atoms with Crippen LogP contribution in [0.4, 0.5) is 10.7 Å². The van der Waals surface area contributed by atoms with Gasteiger partial charge in [-0.1, -0.05) is 31.4 Å². The van der Waals surface area contributed by atoms with Crippen molar-refractivity contribution in [2.24, 2.45) is 17.8 Å². The lowest BCUT2D eigenvalue weighted by Gasteiger charge is -2.41. The summed E-state index contributed by atoms with van der Waals surface area (Å²) in [6, 6.07) is 3.89. The van der Waals surface area contributed by atoms with E-state index in [1.54, 1.807) is 12.4 Å². The smallest absolute Gasteiger partial charge is 0.351 e. The first-order chi connectivity index (χ1) is 20.3. The van der Waals surface area contributed by atoms with Gasteiger partial charge in [0.15, 0.2) is 6.17 Å². The van der Waals surface area contributed by atoms with Crippen LogP contribution in [0.5, 0.6) is 0 Å². The number of hydrogen-bond donors (Lipinski definition) is 2. The Bertz CT molecular complexity index is 1520. The number of halogens is 1. The van der Waals surface area contributed by atoms with Crippen molar-refractivity contribution in [3.05, 3.63) is 35.2 Å². The van der Waals surface area contributed by atoms with Gasteiger partial charge in [0.2, 0.25) is 11.9 Å². The van der Waals surface area contributed by atoms with Gasteiger partial charge in [-0.3, -0.25) is 15.1 Å². The molecule has 4 fully saturated rings. The van der Waals surface area contributed by atoms with Crippen molar-refractivity contribution in [2.45, 2.75) is 71.1 Å². The zero-order valence-electron chi connectivity index (χ0n) is 24.1. The number of carbonyl (C=O) groups excluding carboxylic acids is 2. The monoisotopic (exact) mass is 592 g/mol. The molecule has 7 rings (SSSR count). The molecule has 1 unspecified atom stereocenters. The van der Waals surface area contributed by atoms with Crippen LogP contribution in [0, 0.1) is 17.8 Å². The molecule has 2 saturated carbocycles. The van der Waals surface area contributed by atoms with Crippen LogP contribution in [0.2, 0.25) is 5.02 Å². The summed E-state index contributed by atoms with van der Waals surface area (Å²) in [5.74, 6) is 2.69. The molecule has 4 aliphatic rings. The third-order valence-electron chi connectivity index (χ3n) is 9.23. The van der Waals surface area contributed by atoms with Crippen LogP contribution in [0.25, 0.3) is 22.3 Å². The summed E-state index contributed by atoms with van der Waals surface area (Å²) < 4.78 is 2.34. The predicted octanol–water partition coefficient (Wildman–Crippen LogP) is 4.66. The largest absolute Gasteiger partial charge is 0.427 e. The van der Waals surface area contributed by atoms with Gasteiger partial charge in [-0.25, -0.2) is 14.8 Å². The molecule has 2 aliphatic heterocycles. The molecule has 42 heavy (non-hydrogen) atoms. The summed E-state index contributed by atoms with van der Waals surface area (Å²) in [5.41, 5.74) is 6.49. The van der Waals surface area contributed by atoms with E-state index < -0.39 is 12.3 Å². The Labute approximate surface area is 249 Å². The number of hydroxylamine groups is 1. The third kappa shape index (κ3) is 5.28. The van der Waals surface area contributed by atoms with Crippen molar-refractivity contribution < 1.29 is 14.4 Å². The molecule has 2 aliphatic carbocycles. The van der Waals surface area contributed by atoms with Gasteiger partial charge in [-0.15, -0.1) is 5.48 Å². The van der Waals surface area contributed by atoms with Crippen LogP contribution in [-0.2, 0) is 16.2 Å². The van der Waals surface area contributed by atoms with E-state index in [9.17, 15) is 9.59 Å². The number of aromatic nitrogens is 4. The van der Waals surface area contributed by atoms with Gasteiger partial charge in [0, 0.05) is 56.1 Å². The lowest BCUT2D eigenvalue weighted by Crippen LogP contribution is -2.54. The third-order valence-corrected chi connectivity index (χ3v) is 9.44. The van der Waals surface area contributed by atoms with Gasteiger partial charge in [0.05, 0.1) is 27.4 Å². The number of hydrogen-bond acceptors (Lipinski definition) is 8. The molecule has 11 nitrogen and oxygen atoms in total. The Morgan fingerprint density at radius 2 is 1.88 bits per heavy atom. The van der Waals surface area contributed by atoms with E-state index >= 15 is 0 Å². The molecule has 3 aromatic rings. The van der Waals surface area contributed by atoms with E-state index in [1.165, 1.54) is 25.7 Å². The van der Waals surface area contributed by atoms with E-state index in [0.29, 0.717) is 47.9 Å². The molecule has 0 aromatic carbocycles. The van der Waals surface area contributed by atoms with Gasteiger partial charge in [-0.05, 0) is 56.6 Å². The first-order valence-corrected chi connectivity index (χ1v) is 15.5. The van der Waals surface area contributed by atoms with Crippen molar-refractivity contribution in [2.75, 3.05) is 24.5 Å². The zero-order valence-corrected chi connectivity index (χ0v) is 24.8. The van der Waals surface area contributed by atoms with E-state index in [1.807, 2.05) is 17.0 Å². The van der Waals surface area contributed by atoms with Crippen molar-refractivity contribution in [3.8, 4) is 11.3 Å². The lowest BCUT2D eigenvalue weighted by molar-refractivity contribution is -0.133. The molecule has 2 saturated heterocycles. The van der Waals surface area contributed by atoms with E-state index in [0.717, 1.165) is 47.8 Å². The van der Waals surface area contributed by atoms with E-state index in [2.05, 4.69) is 39.1 Å². The van der Waals surface area contributed by atoms with Crippen LogP contribution >= 0.6 is 11.6 Å². The Morgan fingerprint density at radius 1 is 1.07 bits per heavy atom. The number of fused-ring (bicyclic) bond motifs is 1. The maximum atomic E-state index is 12.9. The van der Waals surface area contributed by atoms with Crippen molar-refractivity contribution >= 4 is 40.6 Å². The number of piperazine rings is 1. The molecule has 0 bridgehead atoms. The summed E-state index contributed by atoms with van der Waals surface area (Å²) in [4.78, 5) is 48.7. The average Bonchev–Trinajstić information content (AvgIpc) is 3.65. The van der Waals surface area contributed by atoms with Crippen LogP contribution in [-0.4, -0.2) is 62.1 Å². The molecule has 3 aromatic heterocycles. The number of pyridine rings is 2. The summed E-state index contributed by atoms with van der Waals surface area (Å²) >= 11 is 6.41. The number of amides is 2. The molecular formula is C30H37ClN8O3. The second-order valence-electron chi connectivity index (χ2n) is 12.5. The second kappa shape index (κ2) is 11.0. The first kappa shape index (κ1) is 27.4. The predicted molar refractivity (Wildman–Crippen MR) is 158 cm³/mol. The Hall–Kier alpha value is -3.44. The molecule has 0 radical (unpaired) electrons. The highest BCUT2D eigenvalue weighted by Crippen LogP contribution is 2.38. The first-order valence-electron chi connectivity index (χ1n) is 15.1. The second-order valence-corrected chi connectivity index (χ2v) is 12.9. The maximum absolute atomic E-state index is 12.9. The fourth-order valence-corrected chi connectivity index (χ4v) is 6.86. The quantitative estimate of drug-likeness (QED) is 0.424. The lowest BCUT2D eigenvalue weighted by atomic mass is 9.83. The van der Waals surface area contributed by atoms with Crippen LogP contribution in [0.3, 0.4) is 0 Å². The van der Waals surface area contributed by atoms with Crippen molar-refractivity contribution in [1.82, 2.24) is 35.2 Å². The van der Waals surface area contributed by atoms with E-state index in [-0.39, 0.29) is 12.0 Å². The Balaban J connectivity index is 1.34. The minimum absolute atomic E-state index is 0.108. The number of nitrogens with one attached hydrogen (secondary N) is 2. The van der Waals surface area contributed by atoms with Crippen molar-refractivity contribution in [1.29, 1.82) is 0 Å². The summed E-state index contributed by atoms with van der Waals surface area (Å²) in [5, 5.41) is 3.27. The summed E-state index contributed by atoms with van der Waals surface area (Å²) in [7, 11) is 0. The van der Waals surface area contributed by atoms with Crippen LogP contribution in [0.15, 0.2) is 24.5 Å². The van der Waals surface area contributed by atoms with Crippen molar-refractivity contribution in [3.63, 3.8) is 0 Å². The molecule has 2 atom stereocenters. The number of carbonyl (C=O) groups is 2. The number of imidazole rings is 1. The molecule has 2 N–H and O–H groups in total. The zero-order chi connectivity index (χ0) is 29.0. The number of nitrogens with zero attached hydrogens (tertiary/aromatic N) is 6. The summed E-state index contributed by atoms with van der Waals surface area (Å²) in [6.07, 6.45) is 9.03. The highest BCUT2D eigenvalue weighted by Gasteiger charge is 2.38. The van der Waals surface area contributed by atoms with Gasteiger partial charge >= 0.3 is 6.09 Å². The standard InChI is InChI=1S/C30H37ClN8O3/c1-17-3-5-19(6-4-17)16-39-26-23(34-29(39)38-10-9-37(15-18(38)2)28(40)20-7-8-20)12-24(27-35-30(41)42-36-27)33-25(26)21-11-22(31)14-32-13-21/h11-14,17-20,27,36H,3-10,15-16H2,1-2H3,(H,35,41)/t17?,18-,19?,27?/m1/s1. The average molecular weight is 593 g/mol. The highest BCUT2D eigenvalue weighted by molar-refractivity contribution is 6.30. The van der Waals surface area contributed by atoms with Gasteiger partial charge < -0.3 is 19.2 Å². The molecule has 5 heterocycles.